The first-order chi connectivity index (χ1) is 7.50. The maximum Gasteiger partial charge on any atom is 0.241 e. The van der Waals surface area contributed by atoms with Gasteiger partial charge in [0.05, 0.1) is 5.92 Å². The standard InChI is InChI=1S/C10H6Br2ClNO2/c11-4-1-2-5(6(13)3-4)7-8(12)10(16)14-9(7)15/h1-3,7-8H,(H,14,15,16). The van der Waals surface area contributed by atoms with Gasteiger partial charge in [0.15, 0.2) is 0 Å². The van der Waals surface area contributed by atoms with Gasteiger partial charge >= 0.3 is 0 Å². The summed E-state index contributed by atoms with van der Waals surface area (Å²) in [6.07, 6.45) is 0. The van der Waals surface area contributed by atoms with Gasteiger partial charge in [-0.2, -0.15) is 0 Å². The number of imide groups is 1. The van der Waals surface area contributed by atoms with Crippen LogP contribution in [-0.4, -0.2) is 16.6 Å². The summed E-state index contributed by atoms with van der Waals surface area (Å²) in [5.74, 6) is -1.21. The van der Waals surface area contributed by atoms with Crippen LogP contribution >= 0.6 is 43.5 Å². The van der Waals surface area contributed by atoms with E-state index in [1.54, 1.807) is 18.2 Å². The summed E-state index contributed by atoms with van der Waals surface area (Å²) in [5.41, 5.74) is 0.648. The highest BCUT2D eigenvalue weighted by molar-refractivity contribution is 9.10. The molecule has 3 nitrogen and oxygen atoms in total. The van der Waals surface area contributed by atoms with Crippen molar-refractivity contribution >= 4 is 55.3 Å². The summed E-state index contributed by atoms with van der Waals surface area (Å²) in [5, 5.41) is 2.73. The maximum atomic E-state index is 11.6. The molecular formula is C10H6Br2ClNO2. The third kappa shape index (κ3) is 2.04. The van der Waals surface area contributed by atoms with Crippen LogP contribution in [0.25, 0.3) is 0 Å². The number of rotatable bonds is 1. The van der Waals surface area contributed by atoms with E-state index in [-0.39, 0.29) is 11.8 Å². The molecule has 84 valence electrons. The summed E-state index contributed by atoms with van der Waals surface area (Å²) < 4.78 is 0.831. The van der Waals surface area contributed by atoms with Crippen LogP contribution in [0.4, 0.5) is 0 Å². The Morgan fingerprint density at radius 2 is 1.94 bits per heavy atom. The smallest absolute Gasteiger partial charge is 0.241 e. The number of hydrogen-bond acceptors (Lipinski definition) is 2. The van der Waals surface area contributed by atoms with E-state index in [4.69, 9.17) is 11.6 Å². The Hall–Kier alpha value is -0.390. The number of hydrogen-bond donors (Lipinski definition) is 1. The Kier molecular flexibility index (Phi) is 3.37. The molecule has 1 heterocycles. The third-order valence-electron chi connectivity index (χ3n) is 2.37. The maximum absolute atomic E-state index is 11.6. The van der Waals surface area contributed by atoms with Gasteiger partial charge in [0.25, 0.3) is 0 Å². The van der Waals surface area contributed by atoms with Gasteiger partial charge in [-0.25, -0.2) is 0 Å². The minimum atomic E-state index is -0.562. The molecule has 1 N–H and O–H groups in total. The number of carbonyl (C=O) groups is 2. The van der Waals surface area contributed by atoms with Crippen LogP contribution in [0.5, 0.6) is 0 Å². The minimum Gasteiger partial charge on any atom is -0.295 e. The van der Waals surface area contributed by atoms with Crippen molar-refractivity contribution in [1.82, 2.24) is 5.32 Å². The molecule has 2 amide bonds. The number of alkyl halides is 1. The fourth-order valence-corrected chi connectivity index (χ4v) is 3.04. The van der Waals surface area contributed by atoms with Crippen molar-refractivity contribution in [3.8, 4) is 0 Å². The van der Waals surface area contributed by atoms with Crippen LogP contribution in [-0.2, 0) is 9.59 Å². The Labute approximate surface area is 114 Å². The van der Waals surface area contributed by atoms with Gasteiger partial charge in [0.1, 0.15) is 4.83 Å². The van der Waals surface area contributed by atoms with Crippen molar-refractivity contribution < 1.29 is 9.59 Å². The van der Waals surface area contributed by atoms with Crippen LogP contribution in [0.2, 0.25) is 5.02 Å². The Morgan fingerprint density at radius 1 is 1.25 bits per heavy atom. The molecule has 1 aliphatic heterocycles. The zero-order valence-corrected chi connectivity index (χ0v) is 11.8. The number of amides is 2. The second-order valence-electron chi connectivity index (χ2n) is 3.40. The van der Waals surface area contributed by atoms with E-state index in [2.05, 4.69) is 37.2 Å². The molecule has 0 spiro atoms. The van der Waals surface area contributed by atoms with Crippen molar-refractivity contribution in [3.05, 3.63) is 33.3 Å². The summed E-state index contributed by atoms with van der Waals surface area (Å²) in [4.78, 5) is 22.4. The molecular weight excluding hydrogens is 361 g/mol. The molecule has 0 aliphatic carbocycles. The molecule has 0 saturated carbocycles. The SMILES string of the molecule is O=C1NC(=O)C(c2ccc(Br)cc2Cl)C1Br. The predicted molar refractivity (Wildman–Crippen MR) is 67.8 cm³/mol. The second kappa shape index (κ2) is 4.47. The molecule has 0 aromatic heterocycles. The van der Waals surface area contributed by atoms with Crippen LogP contribution < -0.4 is 5.32 Å². The Bertz CT molecular complexity index is 478. The lowest BCUT2D eigenvalue weighted by molar-refractivity contribution is -0.125. The highest BCUT2D eigenvalue weighted by Gasteiger charge is 2.41. The van der Waals surface area contributed by atoms with E-state index in [1.165, 1.54) is 0 Å². The van der Waals surface area contributed by atoms with Crippen LogP contribution in [0.3, 0.4) is 0 Å². The second-order valence-corrected chi connectivity index (χ2v) is 5.71. The predicted octanol–water partition coefficient (Wildman–Crippen LogP) is 2.61. The molecule has 16 heavy (non-hydrogen) atoms. The number of nitrogens with one attached hydrogen (secondary N) is 1. The van der Waals surface area contributed by atoms with Crippen LogP contribution in [0.1, 0.15) is 11.5 Å². The van der Waals surface area contributed by atoms with Crippen LogP contribution in [0, 0.1) is 0 Å². The van der Waals surface area contributed by atoms with Gasteiger partial charge in [-0.15, -0.1) is 0 Å². The third-order valence-corrected chi connectivity index (χ3v) is 4.13. The summed E-state index contributed by atoms with van der Waals surface area (Å²) in [6.45, 7) is 0. The van der Waals surface area contributed by atoms with Gasteiger partial charge in [-0.1, -0.05) is 49.5 Å². The van der Waals surface area contributed by atoms with Gasteiger partial charge < -0.3 is 0 Å². The zero-order chi connectivity index (χ0) is 11.9. The van der Waals surface area contributed by atoms with E-state index < -0.39 is 10.7 Å². The van der Waals surface area contributed by atoms with E-state index in [9.17, 15) is 9.59 Å². The number of benzene rings is 1. The molecule has 6 heteroatoms. The summed E-state index contributed by atoms with van der Waals surface area (Å²) in [7, 11) is 0. The van der Waals surface area contributed by atoms with Gasteiger partial charge in [0.2, 0.25) is 11.8 Å². The number of carbonyl (C=O) groups excluding carboxylic acids is 2. The lowest BCUT2D eigenvalue weighted by Gasteiger charge is -2.12. The normalized spacial score (nSPS) is 24.7. The van der Waals surface area contributed by atoms with Gasteiger partial charge in [0, 0.05) is 9.50 Å². The van der Waals surface area contributed by atoms with Crippen molar-refractivity contribution in [2.75, 3.05) is 0 Å². The Balaban J connectivity index is 2.44. The number of halogens is 3. The van der Waals surface area contributed by atoms with E-state index >= 15 is 0 Å². The van der Waals surface area contributed by atoms with E-state index in [0.29, 0.717) is 10.6 Å². The van der Waals surface area contributed by atoms with E-state index in [0.717, 1.165) is 4.47 Å². The van der Waals surface area contributed by atoms with Crippen molar-refractivity contribution in [2.24, 2.45) is 0 Å². The zero-order valence-electron chi connectivity index (χ0n) is 7.84. The van der Waals surface area contributed by atoms with E-state index in [1.807, 2.05) is 0 Å². The van der Waals surface area contributed by atoms with Crippen molar-refractivity contribution in [2.45, 2.75) is 10.7 Å². The highest BCUT2D eigenvalue weighted by atomic mass is 79.9. The summed E-state index contributed by atoms with van der Waals surface area (Å²) >= 11 is 12.5. The summed E-state index contributed by atoms with van der Waals surface area (Å²) in [6, 6.07) is 5.23. The monoisotopic (exact) mass is 365 g/mol. The van der Waals surface area contributed by atoms with Crippen molar-refractivity contribution in [1.29, 1.82) is 0 Å². The molecule has 1 aliphatic rings. The molecule has 1 saturated heterocycles. The molecule has 2 atom stereocenters. The first kappa shape index (κ1) is 12.1. The topological polar surface area (TPSA) is 46.2 Å². The largest absolute Gasteiger partial charge is 0.295 e. The van der Waals surface area contributed by atoms with Crippen molar-refractivity contribution in [3.63, 3.8) is 0 Å². The fraction of sp³-hybridized carbons (Fsp3) is 0.200. The molecule has 0 bridgehead atoms. The first-order valence-electron chi connectivity index (χ1n) is 4.44. The lowest BCUT2D eigenvalue weighted by atomic mass is 9.97. The highest BCUT2D eigenvalue weighted by Crippen LogP contribution is 2.35. The van der Waals surface area contributed by atoms with Crippen LogP contribution in [0.15, 0.2) is 22.7 Å². The van der Waals surface area contributed by atoms with Gasteiger partial charge in [-0.3, -0.25) is 14.9 Å². The molecule has 2 unspecified atom stereocenters. The molecule has 1 aromatic carbocycles. The lowest BCUT2D eigenvalue weighted by Crippen LogP contribution is -2.22. The Morgan fingerprint density at radius 3 is 2.44 bits per heavy atom. The molecule has 2 rings (SSSR count). The minimum absolute atomic E-state index is 0.323. The van der Waals surface area contributed by atoms with Gasteiger partial charge in [-0.05, 0) is 17.7 Å². The quantitative estimate of drug-likeness (QED) is 0.613. The molecule has 1 aromatic rings. The molecule has 0 radical (unpaired) electrons. The fourth-order valence-electron chi connectivity index (χ4n) is 1.61. The molecule has 1 fully saturated rings. The average Bonchev–Trinajstić information content (AvgIpc) is 2.43. The first-order valence-corrected chi connectivity index (χ1v) is 6.53. The average molecular weight is 367 g/mol.